The zero-order chi connectivity index (χ0) is 28.0. The number of ether oxygens (including phenoxy) is 3. The number of rotatable bonds is 8. The fourth-order valence-electron chi connectivity index (χ4n) is 5.21. The van der Waals surface area contributed by atoms with Gasteiger partial charge in [0.05, 0.1) is 33.0 Å². The van der Waals surface area contributed by atoms with Gasteiger partial charge in [-0.15, -0.1) is 0 Å². The molecule has 3 aliphatic rings. The largest absolute Gasteiger partial charge is 0.383 e. The van der Waals surface area contributed by atoms with Gasteiger partial charge in [0.1, 0.15) is 0 Å². The molecule has 4 heterocycles. The minimum atomic E-state index is -0.295. The number of carbonyl (C=O) groups excluding carboxylic acids is 1. The third-order valence-electron chi connectivity index (χ3n) is 7.46. The maximum Gasteiger partial charge on any atom is 0.323 e. The summed E-state index contributed by atoms with van der Waals surface area (Å²) in [7, 11) is 1.72. The van der Waals surface area contributed by atoms with Gasteiger partial charge in [0.25, 0.3) is 0 Å². The third-order valence-corrected chi connectivity index (χ3v) is 7.46. The van der Waals surface area contributed by atoms with Crippen LogP contribution in [0.4, 0.5) is 28.1 Å². The highest BCUT2D eigenvalue weighted by atomic mass is 16.5. The number of morpholine rings is 2. The summed E-state index contributed by atoms with van der Waals surface area (Å²) in [5, 5.41) is 5.88. The normalized spacial score (nSPS) is 17.4. The fraction of sp³-hybridized carbons (Fsp3) is 0.448. The molecular formula is C29H36N8O4. The van der Waals surface area contributed by atoms with Crippen LogP contribution in [0.5, 0.6) is 0 Å². The van der Waals surface area contributed by atoms with Crippen molar-refractivity contribution in [2.24, 2.45) is 0 Å². The van der Waals surface area contributed by atoms with Crippen LogP contribution in [-0.4, -0.2) is 98.8 Å². The number of amides is 2. The number of benzene rings is 2. The Kier molecular flexibility index (Phi) is 8.52. The van der Waals surface area contributed by atoms with Crippen molar-refractivity contribution >= 4 is 29.3 Å². The Hall–Kier alpha value is -3.84. The Morgan fingerprint density at radius 2 is 1.39 bits per heavy atom. The second kappa shape index (κ2) is 12.8. The molecule has 2 aromatic carbocycles. The van der Waals surface area contributed by atoms with Gasteiger partial charge >= 0.3 is 6.03 Å². The molecule has 0 spiro atoms. The van der Waals surface area contributed by atoms with Crippen LogP contribution in [0.1, 0.15) is 11.1 Å². The number of hydrogen-bond acceptors (Lipinski definition) is 10. The lowest BCUT2D eigenvalue weighted by Gasteiger charge is -2.30. The summed E-state index contributed by atoms with van der Waals surface area (Å²) in [4.78, 5) is 33.8. The number of fused-ring (bicyclic) bond motifs is 1. The Morgan fingerprint density at radius 1 is 0.805 bits per heavy atom. The highest BCUT2D eigenvalue weighted by Gasteiger charge is 2.22. The number of urea groups is 1. The number of hydrogen-bond donors (Lipinski definition) is 2. The predicted octanol–water partition coefficient (Wildman–Crippen LogP) is 2.82. The molecule has 0 aliphatic carbocycles. The average Bonchev–Trinajstić information content (AvgIpc) is 3.43. The van der Waals surface area contributed by atoms with Crippen LogP contribution in [0.2, 0.25) is 0 Å². The number of nitrogens with zero attached hydrogens (tertiary/aromatic N) is 6. The highest BCUT2D eigenvalue weighted by molar-refractivity contribution is 5.99. The van der Waals surface area contributed by atoms with E-state index >= 15 is 0 Å². The van der Waals surface area contributed by atoms with E-state index in [1.165, 1.54) is 11.1 Å². The molecule has 2 saturated heterocycles. The molecule has 2 amide bonds. The van der Waals surface area contributed by atoms with E-state index < -0.39 is 0 Å². The van der Waals surface area contributed by atoms with E-state index in [1.54, 1.807) is 7.11 Å². The molecule has 6 rings (SSSR count). The first kappa shape index (κ1) is 27.3. The van der Waals surface area contributed by atoms with Crippen LogP contribution in [0.15, 0.2) is 42.5 Å². The Morgan fingerprint density at radius 3 is 2.02 bits per heavy atom. The summed E-state index contributed by atoms with van der Waals surface area (Å²) in [6, 6.07) is 13.3. The topological polar surface area (TPSA) is 117 Å². The molecule has 41 heavy (non-hydrogen) atoms. The number of carbonyl (C=O) groups is 1. The van der Waals surface area contributed by atoms with Crippen LogP contribution in [0.25, 0.3) is 11.4 Å². The van der Waals surface area contributed by atoms with Crippen molar-refractivity contribution in [1.29, 1.82) is 0 Å². The molecule has 216 valence electrons. The Bertz CT molecular complexity index is 1310. The standard InChI is InChI=1S/C29H36N8O4/c1-39-13-8-35-19-22-4-7-25(18-23(22)20-35)31-29(38)30-24-5-2-21(3-6-24)26-32-27(36-9-14-40-15-10-36)34-28(33-26)37-11-16-41-17-12-37/h2-7,18H,8-17,19-20H2,1H3,(H2,30,31,38). The van der Waals surface area contributed by atoms with Crippen molar-refractivity contribution < 1.29 is 19.0 Å². The lowest BCUT2D eigenvalue weighted by molar-refractivity contribution is 0.121. The van der Waals surface area contributed by atoms with Gasteiger partial charge in [-0.05, 0) is 47.5 Å². The Balaban J connectivity index is 1.13. The van der Waals surface area contributed by atoms with Gasteiger partial charge < -0.3 is 34.6 Å². The van der Waals surface area contributed by atoms with Gasteiger partial charge in [0.15, 0.2) is 5.82 Å². The van der Waals surface area contributed by atoms with Crippen molar-refractivity contribution in [2.45, 2.75) is 13.1 Å². The van der Waals surface area contributed by atoms with Crippen molar-refractivity contribution in [3.05, 3.63) is 53.6 Å². The van der Waals surface area contributed by atoms with Crippen LogP contribution >= 0.6 is 0 Å². The van der Waals surface area contributed by atoms with E-state index in [-0.39, 0.29) is 6.03 Å². The summed E-state index contributed by atoms with van der Waals surface area (Å²) < 4.78 is 16.2. The van der Waals surface area contributed by atoms with Gasteiger partial charge in [-0.2, -0.15) is 15.0 Å². The molecule has 2 fully saturated rings. The summed E-state index contributed by atoms with van der Waals surface area (Å²) in [6.07, 6.45) is 0. The van der Waals surface area contributed by atoms with Crippen molar-refractivity contribution in [1.82, 2.24) is 19.9 Å². The van der Waals surface area contributed by atoms with Crippen LogP contribution in [0, 0.1) is 0 Å². The molecular weight excluding hydrogens is 524 g/mol. The number of nitrogens with one attached hydrogen (secondary N) is 2. The molecule has 0 bridgehead atoms. The lowest BCUT2D eigenvalue weighted by atomic mass is 10.1. The zero-order valence-electron chi connectivity index (χ0n) is 23.3. The van der Waals surface area contributed by atoms with Crippen molar-refractivity contribution in [3.63, 3.8) is 0 Å². The molecule has 1 aromatic heterocycles. The molecule has 3 aromatic rings. The van der Waals surface area contributed by atoms with Gasteiger partial charge in [-0.1, -0.05) is 6.07 Å². The van der Waals surface area contributed by atoms with E-state index in [9.17, 15) is 4.79 Å². The minimum Gasteiger partial charge on any atom is -0.383 e. The molecule has 12 heteroatoms. The van der Waals surface area contributed by atoms with Gasteiger partial charge in [-0.3, -0.25) is 4.90 Å². The molecule has 0 unspecified atom stereocenters. The van der Waals surface area contributed by atoms with Crippen LogP contribution in [-0.2, 0) is 27.3 Å². The van der Waals surface area contributed by atoms with E-state index in [4.69, 9.17) is 29.2 Å². The van der Waals surface area contributed by atoms with Crippen LogP contribution in [0.3, 0.4) is 0 Å². The second-order valence-corrected chi connectivity index (χ2v) is 10.3. The van der Waals surface area contributed by atoms with E-state index in [0.717, 1.165) is 57.1 Å². The summed E-state index contributed by atoms with van der Waals surface area (Å²) >= 11 is 0. The smallest absolute Gasteiger partial charge is 0.323 e. The van der Waals surface area contributed by atoms with E-state index in [1.807, 2.05) is 36.4 Å². The number of methoxy groups -OCH3 is 1. The van der Waals surface area contributed by atoms with Crippen molar-refractivity contribution in [2.75, 3.05) is 93.3 Å². The summed E-state index contributed by atoms with van der Waals surface area (Å²) in [5.74, 6) is 1.90. The molecule has 2 N–H and O–H groups in total. The first-order valence-electron chi connectivity index (χ1n) is 14.1. The molecule has 3 aliphatic heterocycles. The summed E-state index contributed by atoms with van der Waals surface area (Å²) in [5.41, 5.74) is 4.80. The highest BCUT2D eigenvalue weighted by Crippen LogP contribution is 2.27. The maximum absolute atomic E-state index is 12.8. The fourth-order valence-corrected chi connectivity index (χ4v) is 5.21. The number of anilines is 4. The third kappa shape index (κ3) is 6.73. The van der Waals surface area contributed by atoms with Crippen molar-refractivity contribution in [3.8, 4) is 11.4 Å². The zero-order valence-corrected chi connectivity index (χ0v) is 23.3. The van der Waals surface area contributed by atoms with Gasteiger partial charge in [0, 0.05) is 69.9 Å². The lowest BCUT2D eigenvalue weighted by Crippen LogP contribution is -2.40. The quantitative estimate of drug-likeness (QED) is 0.426. The molecule has 0 saturated carbocycles. The van der Waals surface area contributed by atoms with Crippen LogP contribution < -0.4 is 20.4 Å². The molecule has 12 nitrogen and oxygen atoms in total. The number of aromatic nitrogens is 3. The average molecular weight is 561 g/mol. The molecule has 0 atom stereocenters. The first-order valence-corrected chi connectivity index (χ1v) is 14.1. The van der Waals surface area contributed by atoms with E-state index in [0.29, 0.717) is 56.4 Å². The van der Waals surface area contributed by atoms with E-state index in [2.05, 4.69) is 31.4 Å². The van der Waals surface area contributed by atoms with Gasteiger partial charge in [0.2, 0.25) is 11.9 Å². The molecule has 0 radical (unpaired) electrons. The maximum atomic E-state index is 12.8. The summed E-state index contributed by atoms with van der Waals surface area (Å²) in [6.45, 7) is 8.89. The predicted molar refractivity (Wildman–Crippen MR) is 156 cm³/mol. The SMILES string of the molecule is COCCN1Cc2ccc(NC(=O)Nc3ccc(-c4nc(N5CCOCC5)nc(N5CCOCC5)n4)cc3)cc2C1. The van der Waals surface area contributed by atoms with Gasteiger partial charge in [-0.25, -0.2) is 4.79 Å². The first-order chi connectivity index (χ1) is 20.1. The Labute approximate surface area is 239 Å². The minimum absolute atomic E-state index is 0.295. The monoisotopic (exact) mass is 560 g/mol. The second-order valence-electron chi connectivity index (χ2n) is 10.3.